The molecule has 0 spiro atoms. The van der Waals surface area contributed by atoms with Gasteiger partial charge in [0.25, 0.3) is 0 Å². The molecule has 1 unspecified atom stereocenters. The molecule has 0 aromatic heterocycles. The van der Waals surface area contributed by atoms with Gasteiger partial charge in [-0.1, -0.05) is 0 Å². The minimum Gasteiger partial charge on any atom is -0.480 e. The van der Waals surface area contributed by atoms with Crippen molar-refractivity contribution in [3.05, 3.63) is 0 Å². The second-order valence-electron chi connectivity index (χ2n) is 6.16. The van der Waals surface area contributed by atoms with E-state index in [4.69, 9.17) is 9.84 Å². The number of nitrogens with zero attached hydrogens (tertiary/aromatic N) is 1. The molecule has 1 atom stereocenters. The van der Waals surface area contributed by atoms with Crippen molar-refractivity contribution >= 4 is 18.0 Å². The van der Waals surface area contributed by atoms with Crippen LogP contribution in [0.2, 0.25) is 0 Å². The van der Waals surface area contributed by atoms with Gasteiger partial charge >= 0.3 is 12.1 Å². The number of carboxylic acid groups (broad SMARTS) is 1. The van der Waals surface area contributed by atoms with Crippen molar-refractivity contribution in [3.8, 4) is 0 Å². The quantitative estimate of drug-likeness (QED) is 0.799. The molecule has 1 aliphatic rings. The SMILES string of the molecule is CC(C)(C)OC(=O)NC(CCC(=O)N1CCCC1)C(=O)O. The van der Waals surface area contributed by atoms with E-state index in [2.05, 4.69) is 5.32 Å². The van der Waals surface area contributed by atoms with Crippen molar-refractivity contribution < 1.29 is 24.2 Å². The average molecular weight is 300 g/mol. The van der Waals surface area contributed by atoms with Crippen LogP contribution in [-0.4, -0.2) is 52.7 Å². The number of nitrogens with one attached hydrogen (secondary N) is 1. The standard InChI is InChI=1S/C14H24N2O5/c1-14(2,3)21-13(20)15-10(12(18)19)6-7-11(17)16-8-4-5-9-16/h10H,4-9H2,1-3H3,(H,15,20)(H,18,19). The molecule has 0 saturated carbocycles. The molecular formula is C14H24N2O5. The van der Waals surface area contributed by atoms with E-state index in [0.717, 1.165) is 25.9 Å². The van der Waals surface area contributed by atoms with Crippen LogP contribution in [0.4, 0.5) is 4.79 Å². The molecule has 1 rings (SSSR count). The zero-order valence-corrected chi connectivity index (χ0v) is 12.8. The maximum absolute atomic E-state index is 11.9. The highest BCUT2D eigenvalue weighted by molar-refractivity contribution is 5.82. The molecule has 0 aliphatic carbocycles. The fourth-order valence-electron chi connectivity index (χ4n) is 2.10. The zero-order chi connectivity index (χ0) is 16.0. The first-order valence-electron chi connectivity index (χ1n) is 7.19. The molecule has 2 N–H and O–H groups in total. The van der Waals surface area contributed by atoms with Crippen molar-refractivity contribution in [1.29, 1.82) is 0 Å². The Morgan fingerprint density at radius 2 is 1.81 bits per heavy atom. The Hall–Kier alpha value is -1.79. The van der Waals surface area contributed by atoms with E-state index in [1.807, 2.05) is 0 Å². The lowest BCUT2D eigenvalue weighted by Gasteiger charge is -2.22. The topological polar surface area (TPSA) is 95.9 Å². The molecular weight excluding hydrogens is 276 g/mol. The summed E-state index contributed by atoms with van der Waals surface area (Å²) in [7, 11) is 0. The third kappa shape index (κ3) is 6.46. The van der Waals surface area contributed by atoms with Gasteiger partial charge in [-0.2, -0.15) is 0 Å². The van der Waals surface area contributed by atoms with Crippen LogP contribution in [0.1, 0.15) is 46.5 Å². The number of carboxylic acids is 1. The lowest BCUT2D eigenvalue weighted by atomic mass is 10.1. The van der Waals surface area contributed by atoms with Gasteiger partial charge < -0.3 is 20.1 Å². The number of hydrogen-bond donors (Lipinski definition) is 2. The van der Waals surface area contributed by atoms with Crippen LogP contribution in [0, 0.1) is 0 Å². The Morgan fingerprint density at radius 3 is 2.29 bits per heavy atom. The van der Waals surface area contributed by atoms with Crippen LogP contribution in [0.5, 0.6) is 0 Å². The van der Waals surface area contributed by atoms with Crippen LogP contribution in [0.25, 0.3) is 0 Å². The van der Waals surface area contributed by atoms with Crippen LogP contribution in [-0.2, 0) is 14.3 Å². The summed E-state index contributed by atoms with van der Waals surface area (Å²) in [5.74, 6) is -1.24. The van der Waals surface area contributed by atoms with Gasteiger partial charge in [-0.25, -0.2) is 9.59 Å². The molecule has 7 heteroatoms. The van der Waals surface area contributed by atoms with Gasteiger partial charge in [-0.05, 0) is 40.0 Å². The molecule has 21 heavy (non-hydrogen) atoms. The highest BCUT2D eigenvalue weighted by Crippen LogP contribution is 2.12. The third-order valence-electron chi connectivity index (χ3n) is 3.09. The normalized spacial score (nSPS) is 16.4. The van der Waals surface area contributed by atoms with E-state index < -0.39 is 23.7 Å². The molecule has 1 aliphatic heterocycles. The second kappa shape index (κ2) is 7.28. The van der Waals surface area contributed by atoms with Crippen LogP contribution < -0.4 is 5.32 Å². The van der Waals surface area contributed by atoms with Gasteiger partial charge in [-0.3, -0.25) is 4.79 Å². The third-order valence-corrected chi connectivity index (χ3v) is 3.09. The zero-order valence-electron chi connectivity index (χ0n) is 12.8. The van der Waals surface area contributed by atoms with Gasteiger partial charge in [0.05, 0.1) is 0 Å². The molecule has 1 saturated heterocycles. The van der Waals surface area contributed by atoms with E-state index >= 15 is 0 Å². The molecule has 7 nitrogen and oxygen atoms in total. The van der Waals surface area contributed by atoms with E-state index in [1.165, 1.54) is 0 Å². The summed E-state index contributed by atoms with van der Waals surface area (Å²) in [4.78, 5) is 36.3. The van der Waals surface area contributed by atoms with E-state index in [-0.39, 0.29) is 18.7 Å². The van der Waals surface area contributed by atoms with Crippen molar-refractivity contribution in [2.24, 2.45) is 0 Å². The summed E-state index contributed by atoms with van der Waals surface area (Å²) in [6.07, 6.45) is 1.36. The van der Waals surface area contributed by atoms with Gasteiger partial charge in [0.15, 0.2) is 0 Å². The molecule has 1 heterocycles. The lowest BCUT2D eigenvalue weighted by molar-refractivity contribution is -0.140. The predicted octanol–water partition coefficient (Wildman–Crippen LogP) is 1.37. The monoisotopic (exact) mass is 300 g/mol. The lowest BCUT2D eigenvalue weighted by Crippen LogP contribution is -2.44. The summed E-state index contributed by atoms with van der Waals surface area (Å²) in [6, 6.07) is -1.12. The van der Waals surface area contributed by atoms with E-state index in [1.54, 1.807) is 25.7 Å². The first-order valence-corrected chi connectivity index (χ1v) is 7.19. The van der Waals surface area contributed by atoms with E-state index in [9.17, 15) is 14.4 Å². The summed E-state index contributed by atoms with van der Waals surface area (Å²) in [6.45, 7) is 6.55. The van der Waals surface area contributed by atoms with Crippen molar-refractivity contribution in [2.45, 2.75) is 58.1 Å². The Bertz CT molecular complexity index is 397. The Labute approximate surface area is 124 Å². The smallest absolute Gasteiger partial charge is 0.408 e. The number of carbonyl (C=O) groups excluding carboxylic acids is 2. The number of alkyl carbamates (subject to hydrolysis) is 1. The van der Waals surface area contributed by atoms with Gasteiger partial charge in [0, 0.05) is 19.5 Å². The summed E-state index contributed by atoms with van der Waals surface area (Å²) >= 11 is 0. The largest absolute Gasteiger partial charge is 0.480 e. The Morgan fingerprint density at radius 1 is 1.24 bits per heavy atom. The Balaban J connectivity index is 2.44. The maximum atomic E-state index is 11.9. The number of aliphatic carboxylic acids is 1. The second-order valence-corrected chi connectivity index (χ2v) is 6.16. The number of rotatable bonds is 5. The van der Waals surface area contributed by atoms with Crippen LogP contribution in [0.15, 0.2) is 0 Å². The van der Waals surface area contributed by atoms with Crippen LogP contribution >= 0.6 is 0 Å². The number of likely N-dealkylation sites (tertiary alicyclic amines) is 1. The molecule has 2 amide bonds. The molecule has 0 aromatic rings. The number of ether oxygens (including phenoxy) is 1. The highest BCUT2D eigenvalue weighted by Gasteiger charge is 2.26. The van der Waals surface area contributed by atoms with Gasteiger partial charge in [-0.15, -0.1) is 0 Å². The fraction of sp³-hybridized carbons (Fsp3) is 0.786. The highest BCUT2D eigenvalue weighted by atomic mass is 16.6. The summed E-state index contributed by atoms with van der Waals surface area (Å²) < 4.78 is 5.02. The average Bonchev–Trinajstić information content (AvgIpc) is 2.85. The number of hydrogen-bond acceptors (Lipinski definition) is 4. The first kappa shape index (κ1) is 17.3. The minimum absolute atomic E-state index is 0.0594. The molecule has 120 valence electrons. The predicted molar refractivity (Wildman–Crippen MR) is 75.8 cm³/mol. The number of amides is 2. The fourth-order valence-corrected chi connectivity index (χ4v) is 2.10. The molecule has 1 fully saturated rings. The summed E-state index contributed by atoms with van der Waals surface area (Å²) in [5, 5.41) is 11.4. The van der Waals surface area contributed by atoms with Crippen LogP contribution in [0.3, 0.4) is 0 Å². The number of carbonyl (C=O) groups is 3. The first-order chi connectivity index (χ1) is 9.69. The minimum atomic E-state index is -1.17. The van der Waals surface area contributed by atoms with Gasteiger partial charge in [0.1, 0.15) is 11.6 Å². The van der Waals surface area contributed by atoms with Crippen molar-refractivity contribution in [3.63, 3.8) is 0 Å². The molecule has 0 aromatic carbocycles. The summed E-state index contributed by atoms with van der Waals surface area (Å²) in [5.41, 5.74) is -0.696. The molecule has 0 radical (unpaired) electrons. The van der Waals surface area contributed by atoms with Gasteiger partial charge in [0.2, 0.25) is 5.91 Å². The van der Waals surface area contributed by atoms with Crippen molar-refractivity contribution in [1.82, 2.24) is 10.2 Å². The van der Waals surface area contributed by atoms with E-state index in [0.29, 0.717) is 0 Å². The van der Waals surface area contributed by atoms with Crippen molar-refractivity contribution in [2.75, 3.05) is 13.1 Å². The Kier molecular flexibility index (Phi) is 5.99. The maximum Gasteiger partial charge on any atom is 0.408 e. The molecule has 0 bridgehead atoms.